The molecule has 278 valence electrons. The fourth-order valence-electron chi connectivity index (χ4n) is 6.75. The van der Waals surface area contributed by atoms with E-state index in [1.54, 1.807) is 32.5 Å². The highest BCUT2D eigenvalue weighted by atomic mass is 35.5. The normalized spacial score (nSPS) is 16.9. The van der Waals surface area contributed by atoms with Gasteiger partial charge in [-0.25, -0.2) is 0 Å². The van der Waals surface area contributed by atoms with Gasteiger partial charge in [-0.15, -0.1) is 0 Å². The number of halogens is 1. The molecule has 0 amide bonds. The van der Waals surface area contributed by atoms with E-state index in [9.17, 15) is 10.1 Å². The van der Waals surface area contributed by atoms with Crippen LogP contribution in [0.15, 0.2) is 67.0 Å². The average Bonchev–Trinajstić information content (AvgIpc) is 3.19. The first kappa shape index (κ1) is 37.9. The lowest BCUT2D eigenvalue weighted by molar-refractivity contribution is -0.148. The van der Waals surface area contributed by atoms with Crippen molar-refractivity contribution in [2.75, 3.05) is 34.5 Å². The van der Waals surface area contributed by atoms with Gasteiger partial charge in [-0.1, -0.05) is 42.3 Å². The summed E-state index contributed by atoms with van der Waals surface area (Å²) < 4.78 is 40.8. The highest BCUT2D eigenvalue weighted by Crippen LogP contribution is 2.39. The summed E-state index contributed by atoms with van der Waals surface area (Å²) >= 11 is 6.89. The molecule has 1 fully saturated rings. The van der Waals surface area contributed by atoms with Gasteiger partial charge >= 0.3 is 5.97 Å². The average molecular weight is 742 g/mol. The Bertz CT molecular complexity index is 1950. The minimum Gasteiger partial charge on any atom is -0.488 e. The van der Waals surface area contributed by atoms with Crippen molar-refractivity contribution in [2.45, 2.75) is 70.8 Å². The molecule has 0 saturated carbocycles. The van der Waals surface area contributed by atoms with Crippen LogP contribution in [0.4, 0.5) is 0 Å². The number of carbonyl (C=O) groups is 1. The van der Waals surface area contributed by atoms with Crippen molar-refractivity contribution in [1.29, 1.82) is 5.26 Å². The van der Waals surface area contributed by atoms with Gasteiger partial charge in [-0.2, -0.15) is 5.26 Å². The fraction of sp³-hybridized carbons (Fsp3) is 0.390. The van der Waals surface area contributed by atoms with Crippen molar-refractivity contribution in [3.63, 3.8) is 0 Å². The third kappa shape index (κ3) is 9.21. The number of nitrogens with zero attached hydrogens (tertiary/aromatic N) is 3. The van der Waals surface area contributed by atoms with E-state index in [0.29, 0.717) is 53.2 Å². The largest absolute Gasteiger partial charge is 0.488 e. The van der Waals surface area contributed by atoms with Crippen LogP contribution < -0.4 is 18.9 Å². The molecule has 0 radical (unpaired) electrons. The van der Waals surface area contributed by atoms with Gasteiger partial charge in [0.2, 0.25) is 0 Å². The van der Waals surface area contributed by atoms with Crippen molar-refractivity contribution in [3.8, 4) is 40.2 Å². The monoisotopic (exact) mass is 741 g/mol. The predicted molar refractivity (Wildman–Crippen MR) is 198 cm³/mol. The predicted octanol–water partition coefficient (Wildman–Crippen LogP) is 7.42. The zero-order valence-electron chi connectivity index (χ0n) is 30.4. The highest BCUT2D eigenvalue weighted by molar-refractivity contribution is 6.32. The first-order chi connectivity index (χ1) is 25.8. The topological polar surface area (TPSA) is 122 Å². The Morgan fingerprint density at radius 3 is 2.62 bits per heavy atom. The van der Waals surface area contributed by atoms with Gasteiger partial charge in [0.1, 0.15) is 49.5 Å². The Labute approximate surface area is 315 Å². The van der Waals surface area contributed by atoms with Crippen LogP contribution in [0.2, 0.25) is 5.02 Å². The molecule has 2 atom stereocenters. The Morgan fingerprint density at radius 2 is 1.83 bits per heavy atom. The highest BCUT2D eigenvalue weighted by Gasteiger charge is 2.31. The standard InChI is InChI=1S/C41H44ClN3O8/c1-26-30(8-7-9-33(26)29-11-12-36-39(16-29)53-32(25-52-36)17-40(47-2)48-3)24-51-38-18-37(50-23-28-14-27(19-43)20-44-21-28)31(15-34(38)42)22-45-13-6-5-10-35(45)41(46)49-4/h7-9,11-12,14-16,18,20-21,32,35,40H,5-6,10,13,17,22-25H2,1-4H3. The van der Waals surface area contributed by atoms with Crippen LogP contribution in [0.25, 0.3) is 11.1 Å². The second-order valence-electron chi connectivity index (χ2n) is 13.1. The molecule has 2 unspecified atom stereocenters. The SMILES string of the molecule is COC(=O)C1CCCCN1Cc1cc(Cl)c(OCc2cccc(-c3ccc4c(c3)OC(CC(OC)OC)CO4)c2C)cc1OCc1cncc(C#N)c1. The van der Waals surface area contributed by atoms with Gasteiger partial charge in [0.25, 0.3) is 0 Å². The third-order valence-electron chi connectivity index (χ3n) is 9.68. The number of aromatic nitrogens is 1. The van der Waals surface area contributed by atoms with Gasteiger partial charge < -0.3 is 33.2 Å². The van der Waals surface area contributed by atoms with Gasteiger partial charge in [0.05, 0.1) is 17.7 Å². The quantitative estimate of drug-likeness (QED) is 0.0949. The molecule has 12 heteroatoms. The van der Waals surface area contributed by atoms with Crippen LogP contribution in [0.3, 0.4) is 0 Å². The summed E-state index contributed by atoms with van der Waals surface area (Å²) in [5.74, 6) is 2.13. The number of fused-ring (bicyclic) bond motifs is 1. The zero-order chi connectivity index (χ0) is 37.3. The lowest BCUT2D eigenvalue weighted by Gasteiger charge is -2.34. The first-order valence-electron chi connectivity index (χ1n) is 17.6. The van der Waals surface area contributed by atoms with E-state index in [4.69, 9.17) is 44.8 Å². The number of pyridine rings is 1. The number of carbonyl (C=O) groups excluding carboxylic acids is 1. The lowest BCUT2D eigenvalue weighted by atomic mass is 9.96. The lowest BCUT2D eigenvalue weighted by Crippen LogP contribution is -2.44. The Balaban J connectivity index is 1.22. The van der Waals surface area contributed by atoms with E-state index in [1.165, 1.54) is 13.3 Å². The van der Waals surface area contributed by atoms with Crippen LogP contribution in [-0.4, -0.2) is 68.8 Å². The van der Waals surface area contributed by atoms with Crippen molar-refractivity contribution >= 4 is 17.6 Å². The Kier molecular flexibility index (Phi) is 12.7. The fourth-order valence-corrected chi connectivity index (χ4v) is 6.99. The second kappa shape index (κ2) is 17.8. The Morgan fingerprint density at radius 1 is 1.00 bits per heavy atom. The van der Waals surface area contributed by atoms with Gasteiger partial charge in [0.15, 0.2) is 17.8 Å². The molecule has 53 heavy (non-hydrogen) atoms. The number of methoxy groups -OCH3 is 3. The minimum atomic E-state index is -0.382. The maximum atomic E-state index is 12.6. The van der Waals surface area contributed by atoms with Gasteiger partial charge in [-0.05, 0) is 72.8 Å². The summed E-state index contributed by atoms with van der Waals surface area (Å²) in [6.07, 6.45) is 5.77. The smallest absolute Gasteiger partial charge is 0.323 e. The molecule has 1 aromatic heterocycles. The molecule has 3 heterocycles. The molecule has 6 rings (SSSR count). The van der Waals surface area contributed by atoms with Crippen molar-refractivity contribution < 1.29 is 38.0 Å². The van der Waals surface area contributed by atoms with Crippen molar-refractivity contribution in [3.05, 3.63) is 99.8 Å². The molecule has 0 bridgehead atoms. The number of hydrogen-bond acceptors (Lipinski definition) is 11. The molecule has 4 aromatic rings. The number of nitriles is 1. The summed E-state index contributed by atoms with van der Waals surface area (Å²) in [5.41, 5.74) is 6.05. The van der Waals surface area contributed by atoms with Gasteiger partial charge in [0, 0.05) is 56.8 Å². The third-order valence-corrected chi connectivity index (χ3v) is 9.97. The molecule has 1 saturated heterocycles. The number of hydrogen-bond donors (Lipinski definition) is 0. The number of likely N-dealkylation sites (tertiary alicyclic amines) is 1. The van der Waals surface area contributed by atoms with Crippen LogP contribution in [0.1, 0.15) is 53.5 Å². The number of benzene rings is 3. The number of piperidine rings is 1. The summed E-state index contributed by atoms with van der Waals surface area (Å²) in [6, 6.07) is 19.2. The molecule has 0 spiro atoms. The Hall–Kier alpha value is -4.86. The van der Waals surface area contributed by atoms with Crippen molar-refractivity contribution in [2.24, 2.45) is 0 Å². The van der Waals surface area contributed by atoms with Gasteiger partial charge in [-0.3, -0.25) is 14.7 Å². The summed E-state index contributed by atoms with van der Waals surface area (Å²) in [6.45, 7) is 4.08. The maximum Gasteiger partial charge on any atom is 0.323 e. The molecule has 11 nitrogen and oxygen atoms in total. The number of ether oxygens (including phenoxy) is 7. The van der Waals surface area contributed by atoms with E-state index in [0.717, 1.165) is 59.2 Å². The van der Waals surface area contributed by atoms with Crippen LogP contribution >= 0.6 is 11.6 Å². The van der Waals surface area contributed by atoms with E-state index in [1.807, 2.05) is 36.4 Å². The molecule has 0 aliphatic carbocycles. The second-order valence-corrected chi connectivity index (χ2v) is 13.5. The van der Waals surface area contributed by atoms with E-state index in [-0.39, 0.29) is 37.6 Å². The molecule has 2 aliphatic heterocycles. The maximum absolute atomic E-state index is 12.6. The minimum absolute atomic E-state index is 0.174. The van der Waals surface area contributed by atoms with E-state index < -0.39 is 0 Å². The summed E-state index contributed by atoms with van der Waals surface area (Å²) in [5, 5.41) is 9.78. The van der Waals surface area contributed by atoms with Crippen LogP contribution in [0, 0.1) is 18.3 Å². The van der Waals surface area contributed by atoms with Crippen LogP contribution in [-0.2, 0) is 38.8 Å². The summed E-state index contributed by atoms with van der Waals surface area (Å²) in [4.78, 5) is 18.9. The zero-order valence-corrected chi connectivity index (χ0v) is 31.2. The molecule has 0 N–H and O–H groups in total. The molecular weight excluding hydrogens is 698 g/mol. The number of esters is 1. The first-order valence-corrected chi connectivity index (χ1v) is 18.0. The molecular formula is C41H44ClN3O8. The van der Waals surface area contributed by atoms with Crippen molar-refractivity contribution in [1.82, 2.24) is 9.88 Å². The molecule has 3 aromatic carbocycles. The van der Waals surface area contributed by atoms with Crippen LogP contribution in [0.5, 0.6) is 23.0 Å². The van der Waals surface area contributed by atoms with E-state index in [2.05, 4.69) is 28.9 Å². The molecule has 2 aliphatic rings. The van der Waals surface area contributed by atoms with E-state index >= 15 is 0 Å². The summed E-state index contributed by atoms with van der Waals surface area (Å²) in [7, 11) is 4.63. The number of rotatable bonds is 14.